The molecule has 0 spiro atoms. The lowest BCUT2D eigenvalue weighted by Crippen LogP contribution is -2.25. The van der Waals surface area contributed by atoms with Gasteiger partial charge in [-0.2, -0.15) is 0 Å². The molecule has 0 heteroatoms. The van der Waals surface area contributed by atoms with Gasteiger partial charge in [-0.25, -0.2) is 0 Å². The second-order valence-electron chi connectivity index (χ2n) is 8.15. The van der Waals surface area contributed by atoms with E-state index in [9.17, 15) is 0 Å². The van der Waals surface area contributed by atoms with Crippen molar-refractivity contribution in [2.75, 3.05) is 0 Å². The summed E-state index contributed by atoms with van der Waals surface area (Å²) >= 11 is 0. The Morgan fingerprint density at radius 2 is 1.24 bits per heavy atom. The predicted octanol–water partition coefficient (Wildman–Crippen LogP) is 8.01. The summed E-state index contributed by atoms with van der Waals surface area (Å²) < 4.78 is 0. The van der Waals surface area contributed by atoms with Gasteiger partial charge in [-0.15, -0.1) is 0 Å². The molecule has 0 aliphatic carbocycles. The topological polar surface area (TPSA) is 0 Å². The highest BCUT2D eigenvalue weighted by Gasteiger charge is 2.29. The van der Waals surface area contributed by atoms with Crippen molar-refractivity contribution in [1.82, 2.24) is 0 Å². The molecule has 0 aromatic rings. The summed E-state index contributed by atoms with van der Waals surface area (Å²) in [7, 11) is 0. The lowest BCUT2D eigenvalue weighted by molar-refractivity contribution is 0.144. The van der Waals surface area contributed by atoms with Gasteiger partial charge in [0.25, 0.3) is 0 Å². The fourth-order valence-corrected chi connectivity index (χ4v) is 3.51. The summed E-state index contributed by atoms with van der Waals surface area (Å²) in [6.07, 6.45) is 17.1. The van der Waals surface area contributed by atoms with Crippen LogP contribution in [0.1, 0.15) is 119 Å². The molecule has 0 saturated carbocycles. The van der Waals surface area contributed by atoms with Gasteiger partial charge in [0.2, 0.25) is 0 Å². The zero-order chi connectivity index (χ0) is 16.1. The maximum atomic E-state index is 2.59. The van der Waals surface area contributed by atoms with Crippen molar-refractivity contribution in [3.05, 3.63) is 0 Å². The number of hydrogen-bond donors (Lipinski definition) is 0. The number of hydrogen-bond acceptors (Lipinski definition) is 0. The van der Waals surface area contributed by atoms with E-state index in [1.807, 2.05) is 0 Å². The highest BCUT2D eigenvalue weighted by atomic mass is 14.3. The minimum atomic E-state index is 0.599. The zero-order valence-electron chi connectivity index (χ0n) is 16.1. The molecule has 0 aliphatic heterocycles. The molecule has 2 unspecified atom stereocenters. The molecule has 0 rings (SSSR count). The molecule has 0 amide bonds. The van der Waals surface area contributed by atoms with E-state index in [-0.39, 0.29) is 0 Å². The van der Waals surface area contributed by atoms with Gasteiger partial charge < -0.3 is 0 Å². The maximum absolute atomic E-state index is 2.59. The summed E-state index contributed by atoms with van der Waals surface area (Å²) in [6.45, 7) is 14.5. The van der Waals surface area contributed by atoms with Gasteiger partial charge in [0.1, 0.15) is 0 Å². The van der Waals surface area contributed by atoms with Gasteiger partial charge in [0, 0.05) is 0 Å². The number of rotatable bonds is 14. The maximum Gasteiger partial charge on any atom is -0.0300 e. The van der Waals surface area contributed by atoms with Crippen molar-refractivity contribution in [3.63, 3.8) is 0 Å². The second kappa shape index (κ2) is 12.5. The molecule has 0 aromatic heterocycles. The van der Waals surface area contributed by atoms with Gasteiger partial charge in [-0.05, 0) is 30.1 Å². The smallest absolute Gasteiger partial charge is 0.0300 e. The molecule has 128 valence electrons. The van der Waals surface area contributed by atoms with E-state index < -0.39 is 0 Å². The summed E-state index contributed by atoms with van der Waals surface area (Å²) in [4.78, 5) is 0. The highest BCUT2D eigenvalue weighted by Crippen LogP contribution is 2.41. The Labute approximate surface area is 136 Å². The van der Waals surface area contributed by atoms with Crippen LogP contribution in [0.5, 0.6) is 0 Å². The largest absolute Gasteiger partial charge is 0.0654 e. The van der Waals surface area contributed by atoms with Gasteiger partial charge in [-0.3, -0.25) is 0 Å². The molecule has 0 aliphatic rings. The van der Waals surface area contributed by atoms with E-state index >= 15 is 0 Å². The standard InChI is InChI=1S/C21H44/c1-7-9-13-17-21(6,20(5)16-10-8-2)18-14-11-12-15-19(3)4/h19-20H,7-18H2,1-6H3. The van der Waals surface area contributed by atoms with Crippen molar-refractivity contribution in [1.29, 1.82) is 0 Å². The van der Waals surface area contributed by atoms with E-state index in [4.69, 9.17) is 0 Å². The Kier molecular flexibility index (Phi) is 12.5. The van der Waals surface area contributed by atoms with Crippen molar-refractivity contribution in [2.24, 2.45) is 17.3 Å². The average Bonchev–Trinajstić information content (AvgIpc) is 2.44. The lowest BCUT2D eigenvalue weighted by Gasteiger charge is -2.36. The molecule has 0 aromatic carbocycles. The molecule has 0 fully saturated rings. The Balaban J connectivity index is 4.22. The SMILES string of the molecule is CCCCCC(C)(CCCCCC(C)C)C(C)CCCC. The van der Waals surface area contributed by atoms with Crippen LogP contribution in [0.25, 0.3) is 0 Å². The van der Waals surface area contributed by atoms with Crippen LogP contribution < -0.4 is 0 Å². The van der Waals surface area contributed by atoms with E-state index in [1.165, 1.54) is 77.0 Å². The fraction of sp³-hybridized carbons (Fsp3) is 1.00. The van der Waals surface area contributed by atoms with Gasteiger partial charge >= 0.3 is 0 Å². The molecule has 0 N–H and O–H groups in total. The average molecular weight is 297 g/mol. The van der Waals surface area contributed by atoms with Crippen LogP contribution in [-0.4, -0.2) is 0 Å². The van der Waals surface area contributed by atoms with Gasteiger partial charge in [-0.1, -0.05) is 106 Å². The third-order valence-corrected chi connectivity index (χ3v) is 5.56. The quantitative estimate of drug-likeness (QED) is 0.285. The zero-order valence-corrected chi connectivity index (χ0v) is 16.1. The van der Waals surface area contributed by atoms with Crippen LogP contribution in [0.4, 0.5) is 0 Å². The molecule has 21 heavy (non-hydrogen) atoms. The first-order valence-corrected chi connectivity index (χ1v) is 9.96. The molecule has 0 radical (unpaired) electrons. The van der Waals surface area contributed by atoms with Crippen LogP contribution >= 0.6 is 0 Å². The fourth-order valence-electron chi connectivity index (χ4n) is 3.51. The molecule has 0 bridgehead atoms. The summed E-state index contributed by atoms with van der Waals surface area (Å²) in [5.41, 5.74) is 0.599. The summed E-state index contributed by atoms with van der Waals surface area (Å²) in [5, 5.41) is 0. The number of unbranched alkanes of at least 4 members (excludes halogenated alkanes) is 5. The first-order chi connectivity index (χ1) is 9.96. The van der Waals surface area contributed by atoms with Crippen molar-refractivity contribution >= 4 is 0 Å². The van der Waals surface area contributed by atoms with Crippen molar-refractivity contribution in [2.45, 2.75) is 119 Å². The van der Waals surface area contributed by atoms with Crippen molar-refractivity contribution in [3.8, 4) is 0 Å². The van der Waals surface area contributed by atoms with Crippen LogP contribution in [0.15, 0.2) is 0 Å². The Hall–Kier alpha value is 0. The monoisotopic (exact) mass is 296 g/mol. The Morgan fingerprint density at radius 1 is 0.667 bits per heavy atom. The molecule has 0 saturated heterocycles. The van der Waals surface area contributed by atoms with E-state index in [0.717, 1.165) is 11.8 Å². The molecule has 0 nitrogen and oxygen atoms in total. The Morgan fingerprint density at radius 3 is 1.76 bits per heavy atom. The van der Waals surface area contributed by atoms with E-state index in [1.54, 1.807) is 0 Å². The predicted molar refractivity (Wildman–Crippen MR) is 98.9 cm³/mol. The second-order valence-corrected chi connectivity index (χ2v) is 8.15. The summed E-state index contributed by atoms with van der Waals surface area (Å²) in [5.74, 6) is 1.78. The van der Waals surface area contributed by atoms with Crippen LogP contribution in [0.2, 0.25) is 0 Å². The van der Waals surface area contributed by atoms with Crippen LogP contribution in [-0.2, 0) is 0 Å². The van der Waals surface area contributed by atoms with E-state index in [0.29, 0.717) is 5.41 Å². The third-order valence-electron chi connectivity index (χ3n) is 5.56. The first kappa shape index (κ1) is 21.0. The normalized spacial score (nSPS) is 16.1. The minimum Gasteiger partial charge on any atom is -0.0654 e. The van der Waals surface area contributed by atoms with Crippen LogP contribution in [0, 0.1) is 17.3 Å². The third kappa shape index (κ3) is 10.4. The van der Waals surface area contributed by atoms with Gasteiger partial charge in [0.05, 0.1) is 0 Å². The molecule has 2 atom stereocenters. The lowest BCUT2D eigenvalue weighted by atomic mass is 9.69. The molecule has 0 heterocycles. The highest BCUT2D eigenvalue weighted by molar-refractivity contribution is 4.80. The Bertz CT molecular complexity index is 218. The summed E-state index contributed by atoms with van der Waals surface area (Å²) in [6, 6.07) is 0. The minimum absolute atomic E-state index is 0.599. The van der Waals surface area contributed by atoms with E-state index in [2.05, 4.69) is 41.5 Å². The van der Waals surface area contributed by atoms with Crippen molar-refractivity contribution < 1.29 is 0 Å². The van der Waals surface area contributed by atoms with Gasteiger partial charge in [0.15, 0.2) is 0 Å². The van der Waals surface area contributed by atoms with Crippen LogP contribution in [0.3, 0.4) is 0 Å². The first-order valence-electron chi connectivity index (χ1n) is 9.96. The molecular formula is C21H44. The molecular weight excluding hydrogens is 252 g/mol.